The van der Waals surface area contributed by atoms with Crippen molar-refractivity contribution in [3.63, 3.8) is 0 Å². The molecular formula is C17H30ClN5O2. The molecule has 1 fully saturated rings. The minimum atomic E-state index is 0. The highest BCUT2D eigenvalue weighted by molar-refractivity contribution is 5.93. The van der Waals surface area contributed by atoms with Crippen LogP contribution in [0.25, 0.3) is 0 Å². The van der Waals surface area contributed by atoms with E-state index in [1.807, 2.05) is 11.9 Å². The van der Waals surface area contributed by atoms with Crippen LogP contribution in [0.2, 0.25) is 0 Å². The van der Waals surface area contributed by atoms with Crippen molar-refractivity contribution in [3.8, 4) is 0 Å². The molecule has 0 spiro atoms. The molecule has 0 bridgehead atoms. The number of H-pyrrole nitrogens is 1. The first-order valence-corrected chi connectivity index (χ1v) is 8.79. The SMILES string of the molecule is CN(CC(C)(C)CN1CCOCC1)C(=O)c1n[nH]c2c1CNCC2.Cl. The molecule has 2 aliphatic heterocycles. The van der Waals surface area contributed by atoms with Crippen molar-refractivity contribution in [2.75, 3.05) is 53.0 Å². The number of halogens is 1. The summed E-state index contributed by atoms with van der Waals surface area (Å²) in [5, 5.41) is 10.6. The second kappa shape index (κ2) is 8.49. The zero-order valence-corrected chi connectivity index (χ0v) is 16.2. The molecule has 0 radical (unpaired) electrons. The number of morpholine rings is 1. The molecule has 2 aliphatic rings. The average molecular weight is 372 g/mol. The van der Waals surface area contributed by atoms with E-state index in [0.717, 1.165) is 63.6 Å². The smallest absolute Gasteiger partial charge is 0.274 e. The quantitative estimate of drug-likeness (QED) is 0.804. The predicted molar refractivity (Wildman–Crippen MR) is 99.2 cm³/mol. The number of amides is 1. The highest BCUT2D eigenvalue weighted by Gasteiger charge is 2.29. The van der Waals surface area contributed by atoms with Crippen molar-refractivity contribution in [2.24, 2.45) is 5.41 Å². The first kappa shape index (κ1) is 20.2. The van der Waals surface area contributed by atoms with Gasteiger partial charge in [0.2, 0.25) is 0 Å². The first-order valence-electron chi connectivity index (χ1n) is 8.79. The Labute approximate surface area is 155 Å². The summed E-state index contributed by atoms with van der Waals surface area (Å²) in [6.45, 7) is 11.3. The summed E-state index contributed by atoms with van der Waals surface area (Å²) in [6.07, 6.45) is 0.905. The van der Waals surface area contributed by atoms with Crippen LogP contribution in [0.5, 0.6) is 0 Å². The van der Waals surface area contributed by atoms with Gasteiger partial charge in [-0.05, 0) is 5.41 Å². The zero-order valence-electron chi connectivity index (χ0n) is 15.4. The van der Waals surface area contributed by atoms with Crippen LogP contribution >= 0.6 is 12.4 Å². The fraction of sp³-hybridized carbons (Fsp3) is 0.765. The van der Waals surface area contributed by atoms with E-state index in [9.17, 15) is 4.79 Å². The van der Waals surface area contributed by atoms with E-state index in [2.05, 4.69) is 34.3 Å². The van der Waals surface area contributed by atoms with Gasteiger partial charge in [0.25, 0.3) is 5.91 Å². The van der Waals surface area contributed by atoms with E-state index in [-0.39, 0.29) is 23.7 Å². The van der Waals surface area contributed by atoms with Gasteiger partial charge in [0.05, 0.1) is 13.2 Å². The second-order valence-corrected chi connectivity index (χ2v) is 7.67. The number of nitrogens with one attached hydrogen (secondary N) is 2. The third-order valence-electron chi connectivity index (χ3n) is 4.78. The Bertz CT molecular complexity index is 584. The first-order chi connectivity index (χ1) is 11.5. The number of hydrogen-bond donors (Lipinski definition) is 2. The fourth-order valence-electron chi connectivity index (χ4n) is 3.71. The van der Waals surface area contributed by atoms with E-state index in [1.54, 1.807) is 0 Å². The van der Waals surface area contributed by atoms with Crippen LogP contribution in [-0.2, 0) is 17.7 Å². The summed E-state index contributed by atoms with van der Waals surface area (Å²) < 4.78 is 5.41. The largest absolute Gasteiger partial charge is 0.379 e. The molecule has 1 amide bonds. The lowest BCUT2D eigenvalue weighted by atomic mass is 9.91. The van der Waals surface area contributed by atoms with Crippen LogP contribution in [0, 0.1) is 5.41 Å². The number of rotatable bonds is 5. The Balaban J connectivity index is 0.00000225. The number of fused-ring (bicyclic) bond motifs is 1. The van der Waals surface area contributed by atoms with Gasteiger partial charge < -0.3 is 15.0 Å². The molecular weight excluding hydrogens is 342 g/mol. The summed E-state index contributed by atoms with van der Waals surface area (Å²) in [5.41, 5.74) is 2.72. The number of aromatic amines is 1. The van der Waals surface area contributed by atoms with Gasteiger partial charge in [-0.3, -0.25) is 14.8 Å². The van der Waals surface area contributed by atoms with Crippen molar-refractivity contribution in [2.45, 2.75) is 26.8 Å². The molecule has 142 valence electrons. The van der Waals surface area contributed by atoms with E-state index in [4.69, 9.17) is 4.74 Å². The van der Waals surface area contributed by atoms with Gasteiger partial charge in [0.1, 0.15) is 0 Å². The van der Waals surface area contributed by atoms with E-state index < -0.39 is 0 Å². The molecule has 3 heterocycles. The lowest BCUT2D eigenvalue weighted by Gasteiger charge is -2.37. The van der Waals surface area contributed by atoms with Crippen LogP contribution in [0.1, 0.15) is 35.6 Å². The van der Waals surface area contributed by atoms with Crippen molar-refractivity contribution in [1.82, 2.24) is 25.3 Å². The molecule has 0 saturated carbocycles. The summed E-state index contributed by atoms with van der Waals surface area (Å²) in [4.78, 5) is 17.1. The predicted octanol–water partition coefficient (Wildman–Crippen LogP) is 0.908. The monoisotopic (exact) mass is 371 g/mol. The standard InChI is InChI=1S/C17H29N5O2.ClH/c1-17(2,12-22-6-8-24-9-7-22)11-21(3)16(23)15-13-10-18-5-4-14(13)19-20-15;/h18H,4-12H2,1-3H3,(H,19,20);1H. The van der Waals surface area contributed by atoms with Gasteiger partial charge in [0.15, 0.2) is 5.69 Å². The van der Waals surface area contributed by atoms with Crippen molar-refractivity contribution < 1.29 is 9.53 Å². The van der Waals surface area contributed by atoms with Crippen LogP contribution in [0.15, 0.2) is 0 Å². The Kier molecular flexibility index (Phi) is 6.85. The Morgan fingerprint density at radius 2 is 2.08 bits per heavy atom. The van der Waals surface area contributed by atoms with Gasteiger partial charge >= 0.3 is 0 Å². The number of carbonyl (C=O) groups excluding carboxylic acids is 1. The summed E-state index contributed by atoms with van der Waals surface area (Å²) in [6, 6.07) is 0. The molecule has 3 rings (SSSR count). The lowest BCUT2D eigenvalue weighted by Crippen LogP contribution is -2.46. The van der Waals surface area contributed by atoms with Gasteiger partial charge in [0, 0.05) is 64.0 Å². The topological polar surface area (TPSA) is 73.5 Å². The van der Waals surface area contributed by atoms with Crippen LogP contribution in [0.3, 0.4) is 0 Å². The van der Waals surface area contributed by atoms with Crippen molar-refractivity contribution in [3.05, 3.63) is 17.0 Å². The number of hydrogen-bond acceptors (Lipinski definition) is 5. The average Bonchev–Trinajstić information content (AvgIpc) is 2.98. The molecule has 1 aromatic heterocycles. The highest BCUT2D eigenvalue weighted by atomic mass is 35.5. The molecule has 7 nitrogen and oxygen atoms in total. The molecule has 2 N–H and O–H groups in total. The Hall–Kier alpha value is -1.15. The molecule has 1 aromatic rings. The van der Waals surface area contributed by atoms with Gasteiger partial charge in [-0.25, -0.2) is 0 Å². The van der Waals surface area contributed by atoms with Crippen molar-refractivity contribution >= 4 is 18.3 Å². The summed E-state index contributed by atoms with van der Waals surface area (Å²) in [5.74, 6) is 0.00579. The molecule has 0 aliphatic carbocycles. The molecule has 0 aromatic carbocycles. The Morgan fingerprint density at radius 1 is 1.36 bits per heavy atom. The van der Waals surface area contributed by atoms with Crippen LogP contribution in [-0.4, -0.2) is 78.9 Å². The maximum absolute atomic E-state index is 12.8. The molecule has 25 heavy (non-hydrogen) atoms. The van der Waals surface area contributed by atoms with Gasteiger partial charge in [-0.1, -0.05) is 13.8 Å². The van der Waals surface area contributed by atoms with Gasteiger partial charge in [-0.2, -0.15) is 5.10 Å². The van der Waals surface area contributed by atoms with E-state index in [1.165, 1.54) is 0 Å². The van der Waals surface area contributed by atoms with E-state index >= 15 is 0 Å². The van der Waals surface area contributed by atoms with Gasteiger partial charge in [-0.15, -0.1) is 12.4 Å². The number of aromatic nitrogens is 2. The number of nitrogens with zero attached hydrogens (tertiary/aromatic N) is 3. The molecule has 0 atom stereocenters. The molecule has 8 heteroatoms. The molecule has 0 unspecified atom stereocenters. The van der Waals surface area contributed by atoms with Crippen molar-refractivity contribution in [1.29, 1.82) is 0 Å². The van der Waals surface area contributed by atoms with E-state index in [0.29, 0.717) is 12.2 Å². The zero-order chi connectivity index (χ0) is 17.2. The number of carbonyl (C=O) groups is 1. The summed E-state index contributed by atoms with van der Waals surface area (Å²) in [7, 11) is 1.88. The summed E-state index contributed by atoms with van der Waals surface area (Å²) >= 11 is 0. The fourth-order valence-corrected chi connectivity index (χ4v) is 3.71. The maximum atomic E-state index is 12.8. The highest BCUT2D eigenvalue weighted by Crippen LogP contribution is 2.22. The molecule has 1 saturated heterocycles. The minimum absolute atomic E-state index is 0. The normalized spacial score (nSPS) is 18.4. The van der Waals surface area contributed by atoms with Crippen LogP contribution in [0.4, 0.5) is 0 Å². The Morgan fingerprint density at radius 3 is 2.80 bits per heavy atom. The van der Waals surface area contributed by atoms with Crippen LogP contribution < -0.4 is 5.32 Å². The second-order valence-electron chi connectivity index (χ2n) is 7.67. The third-order valence-corrected chi connectivity index (χ3v) is 4.78. The third kappa shape index (κ3) is 4.94. The maximum Gasteiger partial charge on any atom is 0.274 e. The number of ether oxygens (including phenoxy) is 1. The minimum Gasteiger partial charge on any atom is -0.379 e. The lowest BCUT2D eigenvalue weighted by molar-refractivity contribution is 0.0162.